The van der Waals surface area contributed by atoms with E-state index in [0.717, 1.165) is 37.9 Å². The molecule has 1 fully saturated rings. The number of rotatable bonds is 5. The summed E-state index contributed by atoms with van der Waals surface area (Å²) in [5.74, 6) is 1.67. The van der Waals surface area contributed by atoms with Crippen LogP contribution in [0.2, 0.25) is 0 Å². The molecule has 6 rings (SSSR count). The van der Waals surface area contributed by atoms with E-state index in [-0.39, 0.29) is 23.8 Å². The molecule has 0 saturated carbocycles. The Morgan fingerprint density at radius 1 is 0.975 bits per heavy atom. The number of pyridine rings is 2. The van der Waals surface area contributed by atoms with E-state index >= 15 is 0 Å². The van der Waals surface area contributed by atoms with Gasteiger partial charge in [-0.3, -0.25) is 19.6 Å². The third-order valence-corrected chi connectivity index (χ3v) is 7.89. The lowest BCUT2D eigenvalue weighted by Crippen LogP contribution is -2.45. The van der Waals surface area contributed by atoms with Crippen LogP contribution >= 0.6 is 0 Å². The highest BCUT2D eigenvalue weighted by Gasteiger charge is 2.37. The number of hydrogen-bond acceptors (Lipinski definition) is 7. The molecule has 9 nitrogen and oxygen atoms in total. The van der Waals surface area contributed by atoms with Gasteiger partial charge in [0.15, 0.2) is 0 Å². The second kappa shape index (κ2) is 12.8. The maximum absolute atomic E-state index is 13.6. The first-order valence-corrected chi connectivity index (χ1v) is 13.9. The number of piperidine rings is 1. The smallest absolute Gasteiger partial charge is 0.272 e. The van der Waals surface area contributed by atoms with Gasteiger partial charge in [-0.2, -0.15) is 0 Å². The molecule has 3 aliphatic rings. The van der Waals surface area contributed by atoms with Crippen LogP contribution in [-0.4, -0.2) is 78.1 Å². The summed E-state index contributed by atoms with van der Waals surface area (Å²) in [5.41, 5.74) is 0.816. The lowest BCUT2D eigenvalue weighted by atomic mass is 9.75. The first kappa shape index (κ1) is 27.4. The summed E-state index contributed by atoms with van der Waals surface area (Å²) >= 11 is 0. The van der Waals surface area contributed by atoms with E-state index in [1.165, 1.54) is 0 Å². The van der Waals surface area contributed by atoms with E-state index in [1.54, 1.807) is 42.7 Å². The van der Waals surface area contributed by atoms with Crippen LogP contribution < -0.4 is 14.2 Å². The van der Waals surface area contributed by atoms with Crippen LogP contribution in [0.4, 0.5) is 0 Å². The molecule has 2 amide bonds. The second-order valence-corrected chi connectivity index (χ2v) is 10.4. The number of carbonyl (C=O) groups is 2. The number of nitrogens with zero attached hydrogens (tertiary/aromatic N) is 4. The molecule has 0 spiro atoms. The molecular formula is C31H36N4O5. The molecule has 40 heavy (non-hydrogen) atoms. The summed E-state index contributed by atoms with van der Waals surface area (Å²) in [7, 11) is 1.57. The number of para-hydroxylation sites is 1. The molecule has 2 bridgehead atoms. The van der Waals surface area contributed by atoms with E-state index in [9.17, 15) is 9.59 Å². The maximum atomic E-state index is 13.6. The predicted molar refractivity (Wildman–Crippen MR) is 150 cm³/mol. The van der Waals surface area contributed by atoms with Gasteiger partial charge in [-0.1, -0.05) is 18.6 Å². The monoisotopic (exact) mass is 544 g/mol. The number of carbonyl (C=O) groups excluding carboxylic acids is 2. The largest absolute Gasteiger partial charge is 0.497 e. The Kier molecular flexibility index (Phi) is 8.78. The number of fused-ring (bicyclic) bond motifs is 9. The van der Waals surface area contributed by atoms with Gasteiger partial charge in [0.2, 0.25) is 0 Å². The molecule has 3 aliphatic heterocycles. The van der Waals surface area contributed by atoms with E-state index in [0.29, 0.717) is 55.5 Å². The van der Waals surface area contributed by atoms with Gasteiger partial charge in [0.25, 0.3) is 11.8 Å². The van der Waals surface area contributed by atoms with Crippen LogP contribution in [0.3, 0.4) is 0 Å². The van der Waals surface area contributed by atoms with Crippen LogP contribution in [0.25, 0.3) is 0 Å². The van der Waals surface area contributed by atoms with Gasteiger partial charge in [-0.15, -0.1) is 0 Å². The van der Waals surface area contributed by atoms with E-state index in [4.69, 9.17) is 14.2 Å². The fraction of sp³-hybridized carbons (Fsp3) is 0.419. The van der Waals surface area contributed by atoms with Gasteiger partial charge in [0, 0.05) is 43.5 Å². The molecule has 1 aromatic carbocycles. The van der Waals surface area contributed by atoms with Gasteiger partial charge >= 0.3 is 0 Å². The van der Waals surface area contributed by atoms with Gasteiger partial charge in [0.05, 0.1) is 32.0 Å². The molecule has 210 valence electrons. The standard InChI is InChI=1S/C31H36N4O5/c1-38-24-10-15-33-27(21-24)30(37)34-16-5-4-11-31(23-40-25-7-6-14-32-22-25)12-17-35(18-13-31)29(36)26-8-2-3-9-28(26)39-20-19-34/h2-3,6-10,14-15,21-22H,4-5,11-13,16-20,23H2,1H3. The maximum Gasteiger partial charge on any atom is 0.272 e. The first-order valence-electron chi connectivity index (χ1n) is 13.9. The highest BCUT2D eigenvalue weighted by Crippen LogP contribution is 2.38. The zero-order valence-electron chi connectivity index (χ0n) is 23.0. The van der Waals surface area contributed by atoms with Crippen LogP contribution in [0, 0.1) is 5.41 Å². The van der Waals surface area contributed by atoms with Gasteiger partial charge in [-0.25, -0.2) is 0 Å². The number of aromatic nitrogens is 2. The molecule has 9 heteroatoms. The first-order chi connectivity index (χ1) is 19.6. The molecule has 3 aromatic rings. The molecule has 1 saturated heterocycles. The van der Waals surface area contributed by atoms with Crippen molar-refractivity contribution >= 4 is 11.8 Å². The molecule has 0 atom stereocenters. The molecule has 0 unspecified atom stereocenters. The molecule has 2 aromatic heterocycles. The summed E-state index contributed by atoms with van der Waals surface area (Å²) in [6.07, 6.45) is 9.45. The minimum atomic E-state index is -0.169. The lowest BCUT2D eigenvalue weighted by Gasteiger charge is -2.42. The van der Waals surface area contributed by atoms with Gasteiger partial charge in [-0.05, 0) is 56.0 Å². The lowest BCUT2D eigenvalue weighted by molar-refractivity contribution is 0.0358. The quantitative estimate of drug-likeness (QED) is 0.467. The Morgan fingerprint density at radius 2 is 1.82 bits per heavy atom. The van der Waals surface area contributed by atoms with Crippen molar-refractivity contribution in [2.75, 3.05) is 46.5 Å². The highest BCUT2D eigenvalue weighted by atomic mass is 16.5. The van der Waals surface area contributed by atoms with Crippen LogP contribution in [0.5, 0.6) is 17.2 Å². The van der Waals surface area contributed by atoms with Crippen molar-refractivity contribution in [3.05, 3.63) is 78.4 Å². The SMILES string of the molecule is COc1ccnc(C(=O)N2CCCCC3(COc4cccnc4)CCN(CC3)C(=O)c3ccccc3OCC2)c1. The number of benzene rings is 1. The molecule has 0 radical (unpaired) electrons. The average Bonchev–Trinajstić information content (AvgIpc) is 3.02. The van der Waals surface area contributed by atoms with Crippen molar-refractivity contribution < 1.29 is 23.8 Å². The zero-order chi connectivity index (χ0) is 27.8. The Balaban J connectivity index is 1.37. The number of amides is 2. The second-order valence-electron chi connectivity index (χ2n) is 10.4. The minimum absolute atomic E-state index is 0.0271. The summed E-state index contributed by atoms with van der Waals surface area (Å²) < 4.78 is 17.6. The average molecular weight is 545 g/mol. The summed E-state index contributed by atoms with van der Waals surface area (Å²) in [6, 6.07) is 14.5. The van der Waals surface area contributed by atoms with Crippen molar-refractivity contribution in [3.63, 3.8) is 0 Å². The van der Waals surface area contributed by atoms with Crippen LogP contribution in [-0.2, 0) is 0 Å². The van der Waals surface area contributed by atoms with Crippen molar-refractivity contribution in [2.45, 2.75) is 32.1 Å². The Hall–Kier alpha value is -4.14. The van der Waals surface area contributed by atoms with Crippen molar-refractivity contribution in [3.8, 4) is 17.2 Å². The molecule has 0 N–H and O–H groups in total. The summed E-state index contributed by atoms with van der Waals surface area (Å²) in [4.78, 5) is 39.2. The van der Waals surface area contributed by atoms with Crippen molar-refractivity contribution in [1.29, 1.82) is 0 Å². The number of hydrogen-bond donors (Lipinski definition) is 0. The third-order valence-electron chi connectivity index (χ3n) is 7.89. The van der Waals surface area contributed by atoms with Crippen molar-refractivity contribution in [2.24, 2.45) is 5.41 Å². The fourth-order valence-electron chi connectivity index (χ4n) is 5.46. The molecule has 0 aliphatic carbocycles. The Bertz CT molecular complexity index is 1290. The topological polar surface area (TPSA) is 94.1 Å². The van der Waals surface area contributed by atoms with E-state index < -0.39 is 0 Å². The number of methoxy groups -OCH3 is 1. The van der Waals surface area contributed by atoms with Crippen LogP contribution in [0.1, 0.15) is 53.0 Å². The van der Waals surface area contributed by atoms with Gasteiger partial charge in [0.1, 0.15) is 29.5 Å². The normalized spacial score (nSPS) is 17.7. The summed E-state index contributed by atoms with van der Waals surface area (Å²) in [6.45, 7) is 3.11. The predicted octanol–water partition coefficient (Wildman–Crippen LogP) is 4.49. The van der Waals surface area contributed by atoms with Gasteiger partial charge < -0.3 is 24.0 Å². The van der Waals surface area contributed by atoms with E-state index in [2.05, 4.69) is 9.97 Å². The Morgan fingerprint density at radius 3 is 2.62 bits per heavy atom. The molecular weight excluding hydrogens is 508 g/mol. The highest BCUT2D eigenvalue weighted by molar-refractivity contribution is 5.97. The van der Waals surface area contributed by atoms with Crippen molar-refractivity contribution in [1.82, 2.24) is 19.8 Å². The molecule has 5 heterocycles. The minimum Gasteiger partial charge on any atom is -0.497 e. The Labute approximate surface area is 235 Å². The third kappa shape index (κ3) is 6.52. The van der Waals surface area contributed by atoms with E-state index in [1.807, 2.05) is 41.3 Å². The summed E-state index contributed by atoms with van der Waals surface area (Å²) in [5, 5.41) is 0. The zero-order valence-corrected chi connectivity index (χ0v) is 23.0. The fourth-order valence-corrected chi connectivity index (χ4v) is 5.46. The number of ether oxygens (including phenoxy) is 3. The van der Waals surface area contributed by atoms with Crippen LogP contribution in [0.15, 0.2) is 67.1 Å².